The van der Waals surface area contributed by atoms with E-state index >= 15 is 0 Å². The van der Waals surface area contributed by atoms with Crippen molar-refractivity contribution in [3.05, 3.63) is 0 Å². The third kappa shape index (κ3) is 2.98. The predicted octanol–water partition coefficient (Wildman–Crippen LogP) is 4.27. The van der Waals surface area contributed by atoms with Gasteiger partial charge in [-0.3, -0.25) is 0 Å². The summed E-state index contributed by atoms with van der Waals surface area (Å²) in [7, 11) is 0. The number of alkyl halides is 1. The van der Waals surface area contributed by atoms with E-state index in [0.29, 0.717) is 5.41 Å². The first-order chi connectivity index (χ1) is 6.37. The van der Waals surface area contributed by atoms with Gasteiger partial charge in [0.1, 0.15) is 4.32 Å². The summed E-state index contributed by atoms with van der Waals surface area (Å²) in [6.45, 7) is 6.93. The highest BCUT2D eigenvalue weighted by molar-refractivity contribution is 9.10. The lowest BCUT2D eigenvalue weighted by molar-refractivity contribution is 0.214. The van der Waals surface area contributed by atoms with Crippen LogP contribution in [0.25, 0.3) is 0 Å². The molecule has 0 aromatic rings. The first kappa shape index (κ1) is 12.0. The lowest BCUT2D eigenvalue weighted by Crippen LogP contribution is -2.21. The van der Waals surface area contributed by atoms with Crippen molar-refractivity contribution in [1.29, 1.82) is 5.26 Å². The largest absolute Gasteiger partial charge is 0.197 e. The van der Waals surface area contributed by atoms with Gasteiger partial charge in [0.05, 0.1) is 6.07 Å². The summed E-state index contributed by atoms with van der Waals surface area (Å²) >= 11 is 3.58. The normalized spacial score (nSPS) is 34.6. The molecule has 1 rings (SSSR count). The smallest absolute Gasteiger partial charge is 0.112 e. The topological polar surface area (TPSA) is 23.8 Å². The average molecular weight is 258 g/mol. The molecule has 0 saturated heterocycles. The second kappa shape index (κ2) is 4.23. The molecule has 0 heterocycles. The van der Waals surface area contributed by atoms with Gasteiger partial charge < -0.3 is 0 Å². The summed E-state index contributed by atoms with van der Waals surface area (Å²) in [5.41, 5.74) is 0.397. The van der Waals surface area contributed by atoms with Crippen molar-refractivity contribution >= 4 is 15.9 Å². The molecule has 2 atom stereocenters. The summed E-state index contributed by atoms with van der Waals surface area (Å²) in [6, 6.07) is 2.41. The number of halogens is 1. The zero-order valence-corrected chi connectivity index (χ0v) is 11.0. The maximum atomic E-state index is 9.07. The van der Waals surface area contributed by atoms with Gasteiger partial charge in [0, 0.05) is 0 Å². The Bertz CT molecular complexity index is 236. The first-order valence-corrected chi connectivity index (χ1v) is 6.27. The molecule has 2 unspecified atom stereocenters. The Morgan fingerprint density at radius 2 is 1.93 bits per heavy atom. The number of nitriles is 1. The highest BCUT2D eigenvalue weighted by Crippen LogP contribution is 2.42. The van der Waals surface area contributed by atoms with E-state index in [-0.39, 0.29) is 4.32 Å². The standard InChI is InChI=1S/C12H20BrN/c1-11(2,3)10-5-4-7-12(13,9-14)8-6-10/h10H,4-8H2,1-3H3. The number of hydrogen-bond donors (Lipinski definition) is 0. The van der Waals surface area contributed by atoms with Gasteiger partial charge in [0.15, 0.2) is 0 Å². The van der Waals surface area contributed by atoms with Crippen molar-refractivity contribution in [3.8, 4) is 6.07 Å². The van der Waals surface area contributed by atoms with Crippen molar-refractivity contribution in [3.63, 3.8) is 0 Å². The minimum atomic E-state index is -0.229. The fraction of sp³-hybridized carbons (Fsp3) is 0.917. The molecule has 0 spiro atoms. The Kier molecular flexibility index (Phi) is 3.63. The molecule has 0 amide bonds. The van der Waals surface area contributed by atoms with Crippen LogP contribution in [0.2, 0.25) is 0 Å². The van der Waals surface area contributed by atoms with E-state index in [1.807, 2.05) is 0 Å². The minimum Gasteiger partial charge on any atom is -0.197 e. The molecule has 1 saturated carbocycles. The summed E-state index contributed by atoms with van der Waals surface area (Å²) in [6.07, 6.45) is 5.66. The number of rotatable bonds is 0. The van der Waals surface area contributed by atoms with Gasteiger partial charge in [0.2, 0.25) is 0 Å². The van der Waals surface area contributed by atoms with Crippen molar-refractivity contribution in [2.45, 2.75) is 57.2 Å². The van der Waals surface area contributed by atoms with Crippen LogP contribution in [0, 0.1) is 22.7 Å². The predicted molar refractivity (Wildman–Crippen MR) is 63.3 cm³/mol. The number of hydrogen-bond acceptors (Lipinski definition) is 1. The molecule has 1 nitrogen and oxygen atoms in total. The van der Waals surface area contributed by atoms with Crippen molar-refractivity contribution < 1.29 is 0 Å². The third-order valence-electron chi connectivity index (χ3n) is 3.44. The molecular formula is C12H20BrN. The summed E-state index contributed by atoms with van der Waals surface area (Å²) in [5.74, 6) is 0.773. The highest BCUT2D eigenvalue weighted by atomic mass is 79.9. The van der Waals surface area contributed by atoms with Crippen LogP contribution < -0.4 is 0 Å². The monoisotopic (exact) mass is 257 g/mol. The van der Waals surface area contributed by atoms with E-state index in [1.165, 1.54) is 19.3 Å². The molecule has 0 N–H and O–H groups in total. The second-order valence-electron chi connectivity index (χ2n) is 5.57. The second-order valence-corrected chi connectivity index (χ2v) is 7.09. The van der Waals surface area contributed by atoms with Crippen molar-refractivity contribution in [1.82, 2.24) is 0 Å². The Labute approximate surface area is 96.0 Å². The molecule has 0 radical (unpaired) electrons. The first-order valence-electron chi connectivity index (χ1n) is 5.47. The molecular weight excluding hydrogens is 238 g/mol. The molecule has 14 heavy (non-hydrogen) atoms. The number of nitrogens with zero attached hydrogens (tertiary/aromatic N) is 1. The minimum absolute atomic E-state index is 0.229. The van der Waals surface area contributed by atoms with Gasteiger partial charge in [-0.15, -0.1) is 0 Å². The van der Waals surface area contributed by atoms with Gasteiger partial charge >= 0.3 is 0 Å². The Morgan fingerprint density at radius 1 is 1.29 bits per heavy atom. The molecule has 0 aromatic carbocycles. The Hall–Kier alpha value is -0.0300. The van der Waals surface area contributed by atoms with E-state index in [9.17, 15) is 0 Å². The molecule has 80 valence electrons. The zero-order valence-electron chi connectivity index (χ0n) is 9.44. The average Bonchev–Trinajstić information content (AvgIpc) is 2.27. The fourth-order valence-electron chi connectivity index (χ4n) is 2.28. The molecule has 1 fully saturated rings. The maximum Gasteiger partial charge on any atom is 0.112 e. The lowest BCUT2D eigenvalue weighted by atomic mass is 9.76. The molecule has 2 heteroatoms. The van der Waals surface area contributed by atoms with Crippen LogP contribution >= 0.6 is 15.9 Å². The van der Waals surface area contributed by atoms with E-state index in [0.717, 1.165) is 18.8 Å². The van der Waals surface area contributed by atoms with Crippen molar-refractivity contribution in [2.24, 2.45) is 11.3 Å². The fourth-order valence-corrected chi connectivity index (χ4v) is 2.79. The van der Waals surface area contributed by atoms with Crippen LogP contribution in [0.15, 0.2) is 0 Å². The van der Waals surface area contributed by atoms with Gasteiger partial charge in [-0.25, -0.2) is 0 Å². The van der Waals surface area contributed by atoms with E-state index in [4.69, 9.17) is 5.26 Å². The molecule has 0 aromatic heterocycles. The van der Waals surface area contributed by atoms with Crippen LogP contribution in [0.1, 0.15) is 52.9 Å². The van der Waals surface area contributed by atoms with E-state index < -0.39 is 0 Å². The summed E-state index contributed by atoms with van der Waals surface area (Å²) in [4.78, 5) is 0. The van der Waals surface area contributed by atoms with E-state index in [2.05, 4.69) is 42.8 Å². The molecule has 1 aliphatic rings. The van der Waals surface area contributed by atoms with Gasteiger partial charge in [0.25, 0.3) is 0 Å². The summed E-state index contributed by atoms with van der Waals surface area (Å²) < 4.78 is -0.229. The highest BCUT2D eigenvalue weighted by Gasteiger charge is 2.34. The lowest BCUT2D eigenvalue weighted by Gasteiger charge is -2.29. The van der Waals surface area contributed by atoms with Crippen LogP contribution in [-0.4, -0.2) is 4.32 Å². The quantitative estimate of drug-likeness (QED) is 0.470. The Morgan fingerprint density at radius 3 is 2.43 bits per heavy atom. The van der Waals surface area contributed by atoms with Gasteiger partial charge in [-0.2, -0.15) is 5.26 Å². The van der Waals surface area contributed by atoms with Gasteiger partial charge in [-0.1, -0.05) is 43.1 Å². The zero-order chi connectivity index (χ0) is 10.8. The van der Waals surface area contributed by atoms with Crippen LogP contribution in [0.4, 0.5) is 0 Å². The van der Waals surface area contributed by atoms with E-state index in [1.54, 1.807) is 0 Å². The third-order valence-corrected chi connectivity index (χ3v) is 4.41. The SMILES string of the molecule is CC(C)(C)C1CCCC(Br)(C#N)CC1. The van der Waals surface area contributed by atoms with Crippen LogP contribution in [0.5, 0.6) is 0 Å². The maximum absolute atomic E-state index is 9.07. The van der Waals surface area contributed by atoms with Gasteiger partial charge in [-0.05, 0) is 37.0 Å². The van der Waals surface area contributed by atoms with Crippen molar-refractivity contribution in [2.75, 3.05) is 0 Å². The summed E-state index contributed by atoms with van der Waals surface area (Å²) in [5, 5.41) is 9.07. The van der Waals surface area contributed by atoms with Crippen LogP contribution in [-0.2, 0) is 0 Å². The molecule has 1 aliphatic carbocycles. The molecule has 0 bridgehead atoms. The molecule has 0 aliphatic heterocycles. The van der Waals surface area contributed by atoms with Crippen LogP contribution in [0.3, 0.4) is 0 Å². The Balaban J connectivity index is 2.63.